The fourth-order valence-electron chi connectivity index (χ4n) is 6.02. The summed E-state index contributed by atoms with van der Waals surface area (Å²) in [6, 6.07) is 15.8. The number of hydrogen-bond acceptors (Lipinski definition) is 8. The Morgan fingerprint density at radius 3 is 2.56 bits per heavy atom. The molecular weight excluding hydrogens is 592 g/mol. The Morgan fingerprint density at radius 2 is 1.89 bits per heavy atom. The Morgan fingerprint density at radius 1 is 1.11 bits per heavy atom. The minimum absolute atomic E-state index is 0.0982. The van der Waals surface area contributed by atoms with Crippen molar-refractivity contribution in [2.75, 3.05) is 25.1 Å². The molecule has 2 aliphatic heterocycles. The van der Waals surface area contributed by atoms with Crippen molar-refractivity contribution in [2.45, 2.75) is 49.9 Å². The van der Waals surface area contributed by atoms with Crippen LogP contribution in [0.2, 0.25) is 0 Å². The molecule has 0 spiro atoms. The van der Waals surface area contributed by atoms with Crippen molar-refractivity contribution in [1.29, 1.82) is 5.26 Å². The van der Waals surface area contributed by atoms with E-state index in [0.29, 0.717) is 36.6 Å². The van der Waals surface area contributed by atoms with Crippen LogP contribution >= 0.6 is 0 Å². The maximum Gasteiger partial charge on any atom is 0.231 e. The summed E-state index contributed by atoms with van der Waals surface area (Å²) < 4.78 is 39.9. The molecule has 11 nitrogen and oxygen atoms in total. The molecular formula is C33H32N6O5S. The molecule has 0 unspecified atom stereocenters. The third-order valence-electron chi connectivity index (χ3n) is 8.75. The van der Waals surface area contributed by atoms with E-state index in [2.05, 4.69) is 16.2 Å². The number of hydrogen-bond donors (Lipinski definition) is 0. The van der Waals surface area contributed by atoms with Crippen LogP contribution in [0.15, 0.2) is 65.5 Å². The van der Waals surface area contributed by atoms with E-state index < -0.39 is 15.6 Å². The van der Waals surface area contributed by atoms with Gasteiger partial charge in [-0.15, -0.1) is 0 Å². The van der Waals surface area contributed by atoms with E-state index in [-0.39, 0.29) is 37.1 Å². The first-order chi connectivity index (χ1) is 21.7. The molecule has 1 saturated carbocycles. The molecule has 1 aliphatic carbocycles. The molecule has 7 rings (SSSR count). The van der Waals surface area contributed by atoms with Crippen molar-refractivity contribution in [1.82, 2.24) is 19.1 Å². The van der Waals surface area contributed by atoms with Crippen LogP contribution in [0.25, 0.3) is 22.8 Å². The lowest BCUT2D eigenvalue weighted by molar-refractivity contribution is -0.117. The number of aromatic nitrogens is 3. The third kappa shape index (κ3) is 5.32. The summed E-state index contributed by atoms with van der Waals surface area (Å²) in [6.45, 7) is 2.62. The highest BCUT2D eigenvalue weighted by molar-refractivity contribution is 7.90. The van der Waals surface area contributed by atoms with E-state index in [1.54, 1.807) is 29.1 Å². The number of sulfonamides is 1. The fourth-order valence-corrected chi connectivity index (χ4v) is 8.01. The summed E-state index contributed by atoms with van der Waals surface area (Å²) in [5, 5.41) is 13.9. The van der Waals surface area contributed by atoms with Crippen molar-refractivity contribution < 1.29 is 22.4 Å². The number of carbonyl (C=O) groups is 1. The van der Waals surface area contributed by atoms with Gasteiger partial charge in [0.15, 0.2) is 0 Å². The highest BCUT2D eigenvalue weighted by Gasteiger charge is 2.53. The molecule has 1 saturated heterocycles. The largest absolute Gasteiger partial charge is 0.497 e. The van der Waals surface area contributed by atoms with Crippen molar-refractivity contribution >= 4 is 33.3 Å². The minimum atomic E-state index is -3.33. The lowest BCUT2D eigenvalue weighted by atomic mass is 9.89. The summed E-state index contributed by atoms with van der Waals surface area (Å²) in [6.07, 6.45) is 8.84. The van der Waals surface area contributed by atoms with E-state index in [1.165, 1.54) is 4.31 Å². The van der Waals surface area contributed by atoms with Crippen LogP contribution in [0, 0.1) is 18.3 Å². The van der Waals surface area contributed by atoms with Gasteiger partial charge in [-0.1, -0.05) is 24.3 Å². The zero-order valence-electron chi connectivity index (χ0n) is 25.0. The van der Waals surface area contributed by atoms with Gasteiger partial charge < -0.3 is 14.1 Å². The van der Waals surface area contributed by atoms with Crippen LogP contribution in [-0.2, 0) is 26.9 Å². The van der Waals surface area contributed by atoms with Crippen LogP contribution in [0.3, 0.4) is 0 Å². The van der Waals surface area contributed by atoms with Crippen molar-refractivity contribution in [3.63, 3.8) is 0 Å². The lowest BCUT2D eigenvalue weighted by Gasteiger charge is -2.48. The summed E-state index contributed by atoms with van der Waals surface area (Å²) in [4.78, 5) is 20.0. The molecule has 0 radical (unpaired) electrons. The quantitative estimate of drug-likeness (QED) is 0.261. The standard InChI is InChI=1S/C33H32N6O5S/c1-22-16-35-32(44-22)26-13-25-6-5-24(14-30(25)38(31(40)15-26)18-23-3-7-28(43-2)8-4-23)27-17-36-39(19-27)33(11-12-34)20-37(21-33)45(41,42)29-9-10-29/h3-8,13-14,16-17,19,29H,9-11,15,18,20-21H2,1-2H3. The maximum absolute atomic E-state index is 13.9. The summed E-state index contributed by atoms with van der Waals surface area (Å²) in [5.74, 6) is 1.72. The lowest BCUT2D eigenvalue weighted by Crippen LogP contribution is -2.64. The number of benzene rings is 2. The number of ether oxygens (including phenoxy) is 1. The number of aryl methyl sites for hydroxylation is 1. The van der Waals surface area contributed by atoms with Crippen molar-refractivity contribution in [2.24, 2.45) is 0 Å². The highest BCUT2D eigenvalue weighted by atomic mass is 32.2. The molecule has 45 heavy (non-hydrogen) atoms. The molecule has 230 valence electrons. The van der Waals surface area contributed by atoms with Crippen molar-refractivity contribution in [3.8, 4) is 22.9 Å². The number of fused-ring (bicyclic) bond motifs is 1. The number of rotatable bonds is 9. The molecule has 12 heteroatoms. The van der Waals surface area contributed by atoms with E-state index in [4.69, 9.17) is 9.15 Å². The molecule has 0 atom stereocenters. The first kappa shape index (κ1) is 29.0. The molecule has 4 aromatic rings. The van der Waals surface area contributed by atoms with Crippen LogP contribution in [0.1, 0.15) is 48.5 Å². The average molecular weight is 625 g/mol. The van der Waals surface area contributed by atoms with Gasteiger partial charge in [0.05, 0.1) is 55.9 Å². The Hall–Kier alpha value is -4.73. The minimum Gasteiger partial charge on any atom is -0.497 e. The second-order valence-corrected chi connectivity index (χ2v) is 14.2. The van der Waals surface area contributed by atoms with Crippen LogP contribution in [-0.4, -0.2) is 58.8 Å². The average Bonchev–Trinajstić information content (AvgIpc) is 3.65. The van der Waals surface area contributed by atoms with Gasteiger partial charge in [-0.2, -0.15) is 14.7 Å². The number of amides is 1. The van der Waals surface area contributed by atoms with Gasteiger partial charge in [-0.25, -0.2) is 13.4 Å². The van der Waals surface area contributed by atoms with Gasteiger partial charge >= 0.3 is 0 Å². The second-order valence-electron chi connectivity index (χ2n) is 12.0. The van der Waals surface area contributed by atoms with Gasteiger partial charge in [0.1, 0.15) is 17.0 Å². The molecule has 0 bridgehead atoms. The zero-order chi connectivity index (χ0) is 31.3. The smallest absolute Gasteiger partial charge is 0.231 e. The number of nitrogens with zero attached hydrogens (tertiary/aromatic N) is 6. The predicted octanol–water partition coefficient (Wildman–Crippen LogP) is 4.75. The van der Waals surface area contributed by atoms with Gasteiger partial charge in [-0.05, 0) is 60.7 Å². The predicted molar refractivity (Wildman–Crippen MR) is 167 cm³/mol. The van der Waals surface area contributed by atoms with Crippen LogP contribution in [0.4, 0.5) is 5.69 Å². The Kier molecular flexibility index (Phi) is 7.10. The summed E-state index contributed by atoms with van der Waals surface area (Å²) in [7, 11) is -1.71. The van der Waals surface area contributed by atoms with Crippen LogP contribution < -0.4 is 9.64 Å². The number of methoxy groups -OCH3 is 1. The second kappa shape index (κ2) is 11.0. The third-order valence-corrected chi connectivity index (χ3v) is 11.0. The van der Waals surface area contributed by atoms with Gasteiger partial charge in [0.2, 0.25) is 21.8 Å². The molecule has 2 aromatic carbocycles. The number of oxazole rings is 1. The highest BCUT2D eigenvalue weighted by Crippen LogP contribution is 2.41. The first-order valence-corrected chi connectivity index (χ1v) is 16.3. The molecule has 4 heterocycles. The molecule has 2 fully saturated rings. The Balaban J connectivity index is 1.23. The molecule has 0 N–H and O–H groups in total. The molecule has 3 aliphatic rings. The summed E-state index contributed by atoms with van der Waals surface area (Å²) in [5.41, 5.74) is 4.13. The van der Waals surface area contributed by atoms with Gasteiger partial charge in [0, 0.05) is 30.4 Å². The first-order valence-electron chi connectivity index (χ1n) is 14.8. The van der Waals surface area contributed by atoms with Crippen molar-refractivity contribution in [3.05, 3.63) is 83.8 Å². The van der Waals surface area contributed by atoms with E-state index in [1.807, 2.05) is 61.7 Å². The topological polar surface area (TPSA) is 135 Å². The van der Waals surface area contributed by atoms with Gasteiger partial charge in [-0.3, -0.25) is 9.48 Å². The number of anilines is 1. The Labute approximate surface area is 261 Å². The Bertz CT molecular complexity index is 1960. The molecule has 2 aromatic heterocycles. The normalized spacial score (nSPS) is 18.0. The monoisotopic (exact) mass is 624 g/mol. The summed E-state index contributed by atoms with van der Waals surface area (Å²) >= 11 is 0. The van der Waals surface area contributed by atoms with E-state index in [9.17, 15) is 18.5 Å². The zero-order valence-corrected chi connectivity index (χ0v) is 25.8. The number of nitriles is 1. The van der Waals surface area contributed by atoms with E-state index in [0.717, 1.165) is 33.7 Å². The van der Waals surface area contributed by atoms with Gasteiger partial charge in [0.25, 0.3) is 0 Å². The fraction of sp³-hybridized carbons (Fsp3) is 0.333. The SMILES string of the molecule is COc1ccc(CN2C(=O)CC(c3ncc(C)o3)=Cc3ccc(-c4cnn(C5(CC#N)CN(S(=O)(=O)C6CC6)C5)c4)cc32)cc1. The molecule has 1 amide bonds. The number of carbonyl (C=O) groups excluding carboxylic acids is 1. The van der Waals surface area contributed by atoms with E-state index >= 15 is 0 Å². The van der Waals surface area contributed by atoms with Crippen LogP contribution in [0.5, 0.6) is 5.75 Å². The maximum atomic E-state index is 13.9.